The van der Waals surface area contributed by atoms with Gasteiger partial charge in [0.25, 0.3) is 5.91 Å². The maximum Gasteiger partial charge on any atom is 0.405 e. The molecule has 0 aromatic carbocycles. The van der Waals surface area contributed by atoms with Crippen LogP contribution in [0.2, 0.25) is 0 Å². The van der Waals surface area contributed by atoms with Gasteiger partial charge < -0.3 is 30.6 Å². The van der Waals surface area contributed by atoms with Crippen LogP contribution in [0.15, 0.2) is 71.1 Å². The zero-order valence-electron chi connectivity index (χ0n) is 25.0. The Morgan fingerprint density at radius 3 is 2.45 bits per heavy atom. The number of Topliss-reactive ketones (excluding diaryl/α,β-unsaturated/α-hetero) is 2. The first kappa shape index (κ1) is 34.1. The van der Waals surface area contributed by atoms with Crippen LogP contribution in [-0.2, 0) is 33.4 Å². The van der Waals surface area contributed by atoms with Gasteiger partial charge in [0.2, 0.25) is 11.6 Å². The number of amides is 2. The lowest BCUT2D eigenvalue weighted by Gasteiger charge is -2.26. The molecule has 2 aliphatic rings. The zero-order valence-corrected chi connectivity index (χ0v) is 25.0. The van der Waals surface area contributed by atoms with E-state index < -0.39 is 47.8 Å². The first-order valence-electron chi connectivity index (χ1n) is 13.6. The number of nitrogens with one attached hydrogen (secondary N) is 2. The number of carbonyl (C=O) groups is 5. The van der Waals surface area contributed by atoms with Crippen molar-refractivity contribution >= 4 is 29.4 Å². The van der Waals surface area contributed by atoms with E-state index in [0.717, 1.165) is 6.08 Å². The summed E-state index contributed by atoms with van der Waals surface area (Å²) in [7, 11) is 2.84. The number of rotatable bonds is 6. The van der Waals surface area contributed by atoms with Crippen molar-refractivity contribution < 1.29 is 38.2 Å². The molecule has 1 aliphatic carbocycles. The normalized spacial score (nSPS) is 29.9. The quantitative estimate of drug-likeness (QED) is 0.315. The van der Waals surface area contributed by atoms with E-state index in [-0.39, 0.29) is 53.6 Å². The Labute approximate surface area is 246 Å². The number of fused-ring (bicyclic) bond motifs is 2. The number of primary amides is 1. The molecule has 228 valence electrons. The van der Waals surface area contributed by atoms with Gasteiger partial charge in [0.15, 0.2) is 11.9 Å². The molecule has 0 saturated carbocycles. The minimum Gasteiger partial charge on any atom is -0.439 e. The fourth-order valence-electron chi connectivity index (χ4n) is 4.79. The molecule has 2 amide bonds. The Balaban J connectivity index is 2.63. The standard InChI is InChI=1S/C31H41N3O8/c1-8-12-33-26-21-13-17(2)14-25(41-7)27(36)19(4)15-20(5)29(42-31(32)39)24(40-6)11-9-10-18(3)30(38)34-22(28(21)37)16-23(26)35/h8-11,15-17,19,24-25,29,33H,1,12-14H2,2-7H3,(H2,32,39)(H,34,38)/b11-9-,18-10+,20-15+/t17-,19+,24+,25+,29+/m1/s1. The van der Waals surface area contributed by atoms with Crippen molar-refractivity contribution in [2.75, 3.05) is 20.8 Å². The second-order valence-electron chi connectivity index (χ2n) is 10.4. The van der Waals surface area contributed by atoms with Crippen LogP contribution in [0.3, 0.4) is 0 Å². The largest absolute Gasteiger partial charge is 0.439 e. The summed E-state index contributed by atoms with van der Waals surface area (Å²) in [5.41, 5.74) is 6.26. The van der Waals surface area contributed by atoms with Gasteiger partial charge in [-0.05, 0) is 38.2 Å². The minimum atomic E-state index is -1.02. The van der Waals surface area contributed by atoms with Crippen molar-refractivity contribution in [2.24, 2.45) is 17.6 Å². The van der Waals surface area contributed by atoms with Gasteiger partial charge in [-0.1, -0.05) is 44.2 Å². The monoisotopic (exact) mass is 583 g/mol. The van der Waals surface area contributed by atoms with E-state index in [1.54, 1.807) is 32.1 Å². The van der Waals surface area contributed by atoms with Gasteiger partial charge in [-0.25, -0.2) is 4.79 Å². The van der Waals surface area contributed by atoms with E-state index in [1.807, 2.05) is 6.92 Å². The molecule has 11 heteroatoms. The molecule has 0 unspecified atom stereocenters. The van der Waals surface area contributed by atoms with E-state index in [4.69, 9.17) is 19.9 Å². The lowest BCUT2D eigenvalue weighted by molar-refractivity contribution is -0.132. The lowest BCUT2D eigenvalue weighted by Crippen LogP contribution is -2.36. The van der Waals surface area contributed by atoms with Crippen molar-refractivity contribution in [2.45, 2.75) is 58.8 Å². The minimum absolute atomic E-state index is 0.129. The molecular weight excluding hydrogens is 542 g/mol. The average Bonchev–Trinajstić information content (AvgIpc) is 2.94. The third-order valence-electron chi connectivity index (χ3n) is 7.01. The van der Waals surface area contributed by atoms with Crippen molar-refractivity contribution in [3.63, 3.8) is 0 Å². The Kier molecular flexibility index (Phi) is 12.8. The number of ketones is 3. The summed E-state index contributed by atoms with van der Waals surface area (Å²) in [6.07, 6.45) is 5.69. The first-order valence-corrected chi connectivity index (χ1v) is 13.6. The molecule has 0 aromatic rings. The van der Waals surface area contributed by atoms with Gasteiger partial charge in [-0.3, -0.25) is 19.2 Å². The summed E-state index contributed by atoms with van der Waals surface area (Å²) in [6.45, 7) is 10.7. The SMILES string of the molecule is C=CCNC1=C2C[C@@H](C)C[C@H](OC)C(=O)[C@@H](C)/C=C(\C)[C@H](OC(N)=O)[C@@H](OC)/C=C\C=C(/C)C(=O)NC(=CC1=O)C2=O. The summed E-state index contributed by atoms with van der Waals surface area (Å²) in [5, 5.41) is 5.49. The van der Waals surface area contributed by atoms with Crippen LogP contribution in [0.25, 0.3) is 0 Å². The van der Waals surface area contributed by atoms with Gasteiger partial charge in [-0.2, -0.15) is 0 Å². The molecule has 1 heterocycles. The molecule has 5 atom stereocenters. The van der Waals surface area contributed by atoms with Crippen LogP contribution >= 0.6 is 0 Å². The number of hydrogen-bond acceptors (Lipinski definition) is 9. The van der Waals surface area contributed by atoms with Crippen LogP contribution < -0.4 is 16.4 Å². The topological polar surface area (TPSA) is 163 Å². The lowest BCUT2D eigenvalue weighted by atomic mass is 9.85. The molecule has 2 bridgehead atoms. The third kappa shape index (κ3) is 8.95. The number of allylic oxidation sites excluding steroid dienone is 5. The van der Waals surface area contributed by atoms with E-state index >= 15 is 0 Å². The van der Waals surface area contributed by atoms with E-state index in [1.165, 1.54) is 33.3 Å². The third-order valence-corrected chi connectivity index (χ3v) is 7.01. The molecule has 1 aliphatic heterocycles. The first-order chi connectivity index (χ1) is 19.8. The molecule has 0 aromatic heterocycles. The smallest absolute Gasteiger partial charge is 0.405 e. The van der Waals surface area contributed by atoms with E-state index in [0.29, 0.717) is 5.57 Å². The summed E-state index contributed by atoms with van der Waals surface area (Å²) < 4.78 is 16.4. The number of nitrogens with two attached hydrogens (primary N) is 1. The van der Waals surface area contributed by atoms with Crippen LogP contribution in [0.4, 0.5) is 4.79 Å². The maximum atomic E-state index is 13.5. The highest BCUT2D eigenvalue weighted by Crippen LogP contribution is 2.27. The molecule has 2 rings (SSSR count). The summed E-state index contributed by atoms with van der Waals surface area (Å²) in [4.78, 5) is 64.6. The number of carbonyl (C=O) groups excluding carboxylic acids is 5. The molecule has 0 saturated heterocycles. The number of methoxy groups -OCH3 is 2. The molecule has 0 radical (unpaired) electrons. The molecule has 0 spiro atoms. The molecule has 4 N–H and O–H groups in total. The van der Waals surface area contributed by atoms with Crippen molar-refractivity contribution in [1.29, 1.82) is 0 Å². The van der Waals surface area contributed by atoms with E-state index in [9.17, 15) is 24.0 Å². The van der Waals surface area contributed by atoms with Crippen LogP contribution in [-0.4, -0.2) is 68.4 Å². The number of ether oxygens (including phenoxy) is 3. The summed E-state index contributed by atoms with van der Waals surface area (Å²) in [5.74, 6) is -2.67. The average molecular weight is 584 g/mol. The number of hydrogen-bond donors (Lipinski definition) is 3. The predicted octanol–water partition coefficient (Wildman–Crippen LogP) is 2.75. The molecular formula is C31H41N3O8. The second kappa shape index (κ2) is 15.8. The van der Waals surface area contributed by atoms with Crippen molar-refractivity contribution in [3.8, 4) is 0 Å². The summed E-state index contributed by atoms with van der Waals surface area (Å²) >= 11 is 0. The van der Waals surface area contributed by atoms with Gasteiger partial charge in [-0.15, -0.1) is 6.58 Å². The van der Waals surface area contributed by atoms with Crippen molar-refractivity contribution in [1.82, 2.24) is 10.6 Å². The van der Waals surface area contributed by atoms with E-state index in [2.05, 4.69) is 17.2 Å². The fraction of sp³-hybridized carbons (Fsp3) is 0.452. The molecule has 0 fully saturated rings. The highest BCUT2D eigenvalue weighted by molar-refractivity contribution is 6.23. The fourth-order valence-corrected chi connectivity index (χ4v) is 4.79. The zero-order chi connectivity index (χ0) is 31.6. The van der Waals surface area contributed by atoms with Crippen LogP contribution in [0.5, 0.6) is 0 Å². The van der Waals surface area contributed by atoms with Gasteiger partial charge in [0.05, 0.1) is 11.4 Å². The Bertz CT molecular complexity index is 1260. The maximum absolute atomic E-state index is 13.5. The highest BCUT2D eigenvalue weighted by atomic mass is 16.6. The van der Waals surface area contributed by atoms with Crippen LogP contribution in [0.1, 0.15) is 40.5 Å². The Hall–Kier alpha value is -4.09. The predicted molar refractivity (Wildman–Crippen MR) is 157 cm³/mol. The van der Waals surface area contributed by atoms with Gasteiger partial charge in [0, 0.05) is 43.9 Å². The van der Waals surface area contributed by atoms with Crippen LogP contribution in [0, 0.1) is 11.8 Å². The highest BCUT2D eigenvalue weighted by Gasteiger charge is 2.33. The second-order valence-corrected chi connectivity index (χ2v) is 10.4. The van der Waals surface area contributed by atoms with Gasteiger partial charge >= 0.3 is 6.09 Å². The van der Waals surface area contributed by atoms with Crippen molar-refractivity contribution in [3.05, 3.63) is 71.1 Å². The molecule has 42 heavy (non-hydrogen) atoms. The Morgan fingerprint density at radius 2 is 1.86 bits per heavy atom. The summed E-state index contributed by atoms with van der Waals surface area (Å²) in [6, 6.07) is 0. The van der Waals surface area contributed by atoms with Gasteiger partial charge in [0.1, 0.15) is 12.2 Å². The Morgan fingerprint density at radius 1 is 1.17 bits per heavy atom. The molecule has 11 nitrogen and oxygen atoms in total.